The lowest BCUT2D eigenvalue weighted by atomic mass is 9.93. The van der Waals surface area contributed by atoms with E-state index in [2.05, 4.69) is 16.4 Å². The number of carbonyl (C=O) groups excluding carboxylic acids is 1. The van der Waals surface area contributed by atoms with E-state index in [1.165, 1.54) is 17.7 Å². The Hall–Kier alpha value is -2.76. The van der Waals surface area contributed by atoms with Gasteiger partial charge >= 0.3 is 6.18 Å². The first-order chi connectivity index (χ1) is 12.8. The van der Waals surface area contributed by atoms with Crippen LogP contribution in [0.15, 0.2) is 48.5 Å². The van der Waals surface area contributed by atoms with Crippen molar-refractivity contribution in [3.05, 3.63) is 70.9 Å². The molecule has 0 atom stereocenters. The summed E-state index contributed by atoms with van der Waals surface area (Å²) in [5.41, 5.74) is 2.76. The minimum atomic E-state index is -4.40. The fourth-order valence-electron chi connectivity index (χ4n) is 3.79. The number of rotatable bonds is 4. The predicted molar refractivity (Wildman–Crippen MR) is 97.7 cm³/mol. The van der Waals surface area contributed by atoms with E-state index in [4.69, 9.17) is 0 Å². The SMILES string of the molecule is Cc1[nH]c2ccccc2c1C1(CNC(=O)c2ccc(C(F)(F)F)cc2)CC1. The standard InChI is InChI=1S/C21H19F3N2O/c1-13-18(16-4-2-3-5-17(16)26-13)20(10-11-20)12-25-19(27)14-6-8-15(9-7-14)21(22,23)24/h2-9,26H,10-12H2,1H3,(H,25,27). The number of H-pyrrole nitrogens is 1. The van der Waals surface area contributed by atoms with Crippen LogP contribution in [-0.2, 0) is 11.6 Å². The van der Waals surface area contributed by atoms with E-state index in [9.17, 15) is 18.0 Å². The van der Waals surface area contributed by atoms with Crippen molar-refractivity contribution in [2.24, 2.45) is 0 Å². The van der Waals surface area contributed by atoms with Crippen LogP contribution in [0.5, 0.6) is 0 Å². The van der Waals surface area contributed by atoms with Crippen LogP contribution in [0.2, 0.25) is 0 Å². The van der Waals surface area contributed by atoms with Crippen molar-refractivity contribution < 1.29 is 18.0 Å². The smallest absolute Gasteiger partial charge is 0.358 e. The minimum Gasteiger partial charge on any atom is -0.358 e. The molecule has 1 heterocycles. The third-order valence-electron chi connectivity index (χ3n) is 5.34. The zero-order valence-electron chi connectivity index (χ0n) is 14.8. The van der Waals surface area contributed by atoms with E-state index in [1.54, 1.807) is 0 Å². The maximum Gasteiger partial charge on any atom is 0.416 e. The number of aryl methyl sites for hydroxylation is 1. The van der Waals surface area contributed by atoms with Gasteiger partial charge in [0.15, 0.2) is 0 Å². The summed E-state index contributed by atoms with van der Waals surface area (Å²) in [6.45, 7) is 2.50. The number of fused-ring (bicyclic) bond motifs is 1. The maximum absolute atomic E-state index is 12.7. The number of carbonyl (C=O) groups is 1. The molecule has 0 unspecified atom stereocenters. The molecule has 0 saturated heterocycles. The van der Waals surface area contributed by atoms with Crippen LogP contribution in [0.4, 0.5) is 13.2 Å². The molecule has 0 radical (unpaired) electrons. The summed E-state index contributed by atoms with van der Waals surface area (Å²) in [7, 11) is 0. The summed E-state index contributed by atoms with van der Waals surface area (Å²) < 4.78 is 38.0. The van der Waals surface area contributed by atoms with Gasteiger partial charge in [-0.3, -0.25) is 4.79 Å². The summed E-state index contributed by atoms with van der Waals surface area (Å²) in [5, 5.41) is 4.07. The summed E-state index contributed by atoms with van der Waals surface area (Å²) in [6.07, 6.45) is -2.45. The Bertz CT molecular complexity index is 998. The van der Waals surface area contributed by atoms with E-state index in [0.29, 0.717) is 6.54 Å². The Morgan fingerprint density at radius 3 is 2.41 bits per heavy atom. The molecule has 140 valence electrons. The average molecular weight is 372 g/mol. The fraction of sp³-hybridized carbons (Fsp3) is 0.286. The van der Waals surface area contributed by atoms with Crippen molar-refractivity contribution >= 4 is 16.8 Å². The third-order valence-corrected chi connectivity index (χ3v) is 5.34. The Kier molecular flexibility index (Phi) is 4.02. The first kappa shape index (κ1) is 17.6. The molecule has 3 nitrogen and oxygen atoms in total. The van der Waals surface area contributed by atoms with Gasteiger partial charge in [0, 0.05) is 34.1 Å². The van der Waals surface area contributed by atoms with Crippen molar-refractivity contribution in [3.63, 3.8) is 0 Å². The highest BCUT2D eigenvalue weighted by Gasteiger charge is 2.47. The van der Waals surface area contributed by atoms with Crippen LogP contribution in [0, 0.1) is 6.92 Å². The highest BCUT2D eigenvalue weighted by Crippen LogP contribution is 2.51. The molecule has 27 heavy (non-hydrogen) atoms. The van der Waals surface area contributed by atoms with E-state index in [-0.39, 0.29) is 16.9 Å². The molecule has 0 spiro atoms. The van der Waals surface area contributed by atoms with Crippen molar-refractivity contribution in [3.8, 4) is 0 Å². The van der Waals surface area contributed by atoms with Crippen LogP contribution in [0.3, 0.4) is 0 Å². The van der Waals surface area contributed by atoms with Crippen molar-refractivity contribution in [2.75, 3.05) is 6.54 Å². The molecule has 1 aromatic heterocycles. The van der Waals surface area contributed by atoms with Gasteiger partial charge in [-0.05, 0) is 55.7 Å². The zero-order chi connectivity index (χ0) is 19.2. The van der Waals surface area contributed by atoms with E-state index in [1.807, 2.05) is 25.1 Å². The number of alkyl halides is 3. The van der Waals surface area contributed by atoms with Gasteiger partial charge in [0.1, 0.15) is 0 Å². The first-order valence-electron chi connectivity index (χ1n) is 8.83. The Morgan fingerprint density at radius 1 is 1.11 bits per heavy atom. The van der Waals surface area contributed by atoms with Gasteiger partial charge < -0.3 is 10.3 Å². The number of aromatic amines is 1. The van der Waals surface area contributed by atoms with Gasteiger partial charge in [0.25, 0.3) is 5.91 Å². The second-order valence-corrected chi connectivity index (χ2v) is 7.21. The van der Waals surface area contributed by atoms with Gasteiger partial charge in [-0.25, -0.2) is 0 Å². The molecule has 0 aliphatic heterocycles. The number of benzene rings is 2. The lowest BCUT2D eigenvalue weighted by Gasteiger charge is -2.17. The number of nitrogens with one attached hydrogen (secondary N) is 2. The molecular formula is C21H19F3N2O. The molecule has 6 heteroatoms. The Labute approximate surface area is 154 Å². The van der Waals surface area contributed by atoms with E-state index < -0.39 is 11.7 Å². The van der Waals surface area contributed by atoms with Crippen molar-refractivity contribution in [1.29, 1.82) is 0 Å². The predicted octanol–water partition coefficient (Wildman–Crippen LogP) is 4.96. The average Bonchev–Trinajstić information content (AvgIpc) is 3.33. The zero-order valence-corrected chi connectivity index (χ0v) is 14.8. The molecule has 0 bridgehead atoms. The number of hydrogen-bond acceptors (Lipinski definition) is 1. The minimum absolute atomic E-state index is 0.106. The summed E-state index contributed by atoms with van der Waals surface area (Å²) in [5.74, 6) is -0.354. The van der Waals surface area contributed by atoms with Crippen molar-refractivity contribution in [1.82, 2.24) is 10.3 Å². The number of halogens is 3. The topological polar surface area (TPSA) is 44.9 Å². The second kappa shape index (κ2) is 6.15. The van der Waals surface area contributed by atoms with Gasteiger partial charge in [-0.1, -0.05) is 18.2 Å². The number of hydrogen-bond donors (Lipinski definition) is 2. The summed E-state index contributed by atoms with van der Waals surface area (Å²) >= 11 is 0. The monoisotopic (exact) mass is 372 g/mol. The largest absolute Gasteiger partial charge is 0.416 e. The van der Waals surface area contributed by atoms with Crippen LogP contribution in [-0.4, -0.2) is 17.4 Å². The molecule has 1 aliphatic rings. The van der Waals surface area contributed by atoms with Gasteiger partial charge in [-0.2, -0.15) is 13.2 Å². The van der Waals surface area contributed by atoms with Crippen LogP contribution < -0.4 is 5.32 Å². The lowest BCUT2D eigenvalue weighted by Crippen LogP contribution is -2.32. The molecule has 2 N–H and O–H groups in total. The summed E-state index contributed by atoms with van der Waals surface area (Å²) in [4.78, 5) is 15.8. The second-order valence-electron chi connectivity index (χ2n) is 7.21. The number of amides is 1. The highest BCUT2D eigenvalue weighted by atomic mass is 19.4. The van der Waals surface area contributed by atoms with Crippen LogP contribution in [0.25, 0.3) is 10.9 Å². The lowest BCUT2D eigenvalue weighted by molar-refractivity contribution is -0.137. The Morgan fingerprint density at radius 2 is 1.78 bits per heavy atom. The molecule has 3 aromatic rings. The summed E-state index contributed by atoms with van der Waals surface area (Å²) in [6, 6.07) is 12.4. The molecule has 1 amide bonds. The van der Waals surface area contributed by atoms with Gasteiger partial charge in [0.2, 0.25) is 0 Å². The normalized spacial score (nSPS) is 15.7. The first-order valence-corrected chi connectivity index (χ1v) is 8.83. The molecular weight excluding hydrogens is 353 g/mol. The molecule has 1 aliphatic carbocycles. The molecule has 4 rings (SSSR count). The Balaban J connectivity index is 1.51. The maximum atomic E-state index is 12.7. The molecule has 2 aromatic carbocycles. The quantitative estimate of drug-likeness (QED) is 0.668. The third kappa shape index (κ3) is 3.20. The van der Waals surface area contributed by atoms with Crippen molar-refractivity contribution in [2.45, 2.75) is 31.4 Å². The van der Waals surface area contributed by atoms with Gasteiger partial charge in [-0.15, -0.1) is 0 Å². The van der Waals surface area contributed by atoms with E-state index >= 15 is 0 Å². The van der Waals surface area contributed by atoms with Gasteiger partial charge in [0.05, 0.1) is 5.56 Å². The fourth-order valence-corrected chi connectivity index (χ4v) is 3.79. The molecule has 1 fully saturated rings. The molecule has 1 saturated carbocycles. The number of aromatic nitrogens is 1. The highest BCUT2D eigenvalue weighted by molar-refractivity contribution is 5.94. The van der Waals surface area contributed by atoms with Crippen LogP contribution >= 0.6 is 0 Å². The van der Waals surface area contributed by atoms with Crippen LogP contribution in [0.1, 0.15) is 40.0 Å². The number of para-hydroxylation sites is 1. The van der Waals surface area contributed by atoms with E-state index in [0.717, 1.165) is 41.6 Å².